The molecule has 0 saturated carbocycles. The Morgan fingerprint density at radius 1 is 1.33 bits per heavy atom. The summed E-state index contributed by atoms with van der Waals surface area (Å²) < 4.78 is 26.3. The summed E-state index contributed by atoms with van der Waals surface area (Å²) in [7, 11) is -3.60. The van der Waals surface area contributed by atoms with Gasteiger partial charge in [-0.25, -0.2) is 23.1 Å². The number of aromatic nitrogens is 2. The Labute approximate surface area is 109 Å². The highest BCUT2D eigenvalue weighted by atomic mass is 32.2. The van der Waals surface area contributed by atoms with E-state index in [-0.39, 0.29) is 17.3 Å². The topological polar surface area (TPSA) is 98.0 Å². The molecular weight excluding hydrogens is 272 g/mol. The molecule has 0 unspecified atom stereocenters. The van der Waals surface area contributed by atoms with Gasteiger partial charge in [-0.1, -0.05) is 0 Å². The molecule has 0 amide bonds. The molecule has 3 N–H and O–H groups in total. The van der Waals surface area contributed by atoms with Gasteiger partial charge in [0.1, 0.15) is 10.7 Å². The average Bonchev–Trinajstić information content (AvgIpc) is 2.82. The van der Waals surface area contributed by atoms with Crippen molar-refractivity contribution < 1.29 is 8.42 Å². The Bertz CT molecular complexity index is 611. The van der Waals surface area contributed by atoms with Gasteiger partial charge in [-0.2, -0.15) is 0 Å². The number of hydrogen-bond donors (Lipinski definition) is 2. The van der Waals surface area contributed by atoms with Gasteiger partial charge < -0.3 is 5.73 Å². The van der Waals surface area contributed by atoms with Crippen LogP contribution in [0.25, 0.3) is 0 Å². The van der Waals surface area contributed by atoms with Crippen LogP contribution in [0, 0.1) is 0 Å². The maximum atomic E-state index is 11.9. The van der Waals surface area contributed by atoms with Gasteiger partial charge in [0.25, 0.3) is 0 Å². The predicted octanol–water partition coefficient (Wildman–Crippen LogP) is 0.641. The Kier molecular flexibility index (Phi) is 3.90. The lowest BCUT2D eigenvalue weighted by Crippen LogP contribution is -2.26. The number of nitrogens with one attached hydrogen (secondary N) is 1. The summed E-state index contributed by atoms with van der Waals surface area (Å²) in [6.07, 6.45) is 3.69. The molecule has 6 nitrogen and oxygen atoms in total. The molecule has 0 spiro atoms. The zero-order chi connectivity index (χ0) is 13.0. The first-order valence-corrected chi connectivity index (χ1v) is 7.54. The Morgan fingerprint density at radius 2 is 2.17 bits per heavy atom. The fourth-order valence-corrected chi connectivity index (χ4v) is 3.11. The highest BCUT2D eigenvalue weighted by Crippen LogP contribution is 2.14. The monoisotopic (exact) mass is 284 g/mol. The Balaban J connectivity index is 2.02. The third kappa shape index (κ3) is 3.03. The largest absolute Gasteiger partial charge is 0.383 e. The molecule has 2 heterocycles. The summed E-state index contributed by atoms with van der Waals surface area (Å²) in [5, 5.41) is 2.74. The lowest BCUT2D eigenvalue weighted by atomic mass is 10.5. The van der Waals surface area contributed by atoms with E-state index in [4.69, 9.17) is 5.73 Å². The van der Waals surface area contributed by atoms with Crippen LogP contribution in [-0.4, -0.2) is 24.9 Å². The number of pyridine rings is 1. The van der Waals surface area contributed by atoms with Crippen LogP contribution in [0.2, 0.25) is 0 Å². The molecule has 18 heavy (non-hydrogen) atoms. The minimum absolute atomic E-state index is 0.000696. The van der Waals surface area contributed by atoms with Crippen molar-refractivity contribution in [1.29, 1.82) is 0 Å². The van der Waals surface area contributed by atoms with E-state index in [1.54, 1.807) is 6.20 Å². The van der Waals surface area contributed by atoms with Gasteiger partial charge in [-0.05, 0) is 12.1 Å². The van der Waals surface area contributed by atoms with Crippen molar-refractivity contribution >= 4 is 27.2 Å². The zero-order valence-electron chi connectivity index (χ0n) is 9.41. The Hall–Kier alpha value is -1.51. The first-order valence-electron chi connectivity index (χ1n) is 5.18. The van der Waals surface area contributed by atoms with E-state index in [2.05, 4.69) is 14.7 Å². The number of anilines is 1. The number of sulfonamides is 1. The first-order chi connectivity index (χ1) is 8.59. The van der Waals surface area contributed by atoms with Crippen LogP contribution in [-0.2, 0) is 16.4 Å². The minimum atomic E-state index is -3.60. The second-order valence-electron chi connectivity index (χ2n) is 3.46. The van der Waals surface area contributed by atoms with Crippen molar-refractivity contribution in [1.82, 2.24) is 14.7 Å². The number of nitrogen functional groups attached to an aromatic ring is 1. The van der Waals surface area contributed by atoms with E-state index in [0.29, 0.717) is 6.42 Å². The molecule has 0 aliphatic heterocycles. The normalized spacial score (nSPS) is 11.6. The van der Waals surface area contributed by atoms with Gasteiger partial charge in [0, 0.05) is 30.7 Å². The summed E-state index contributed by atoms with van der Waals surface area (Å²) in [6, 6.07) is 2.96. The highest BCUT2D eigenvalue weighted by molar-refractivity contribution is 7.89. The van der Waals surface area contributed by atoms with Gasteiger partial charge in [-0.3, -0.25) is 0 Å². The van der Waals surface area contributed by atoms with Crippen LogP contribution in [0.1, 0.15) is 5.01 Å². The molecule has 0 aromatic carbocycles. The van der Waals surface area contributed by atoms with Crippen molar-refractivity contribution in [2.75, 3.05) is 12.3 Å². The van der Waals surface area contributed by atoms with Gasteiger partial charge in [0.2, 0.25) is 10.0 Å². The maximum Gasteiger partial charge on any atom is 0.244 e. The van der Waals surface area contributed by atoms with Crippen molar-refractivity contribution in [3.8, 4) is 0 Å². The van der Waals surface area contributed by atoms with Crippen molar-refractivity contribution in [3.05, 3.63) is 34.9 Å². The van der Waals surface area contributed by atoms with Gasteiger partial charge in [0.15, 0.2) is 0 Å². The lowest BCUT2D eigenvalue weighted by molar-refractivity contribution is 0.581. The van der Waals surface area contributed by atoms with Crippen LogP contribution >= 0.6 is 11.3 Å². The molecule has 0 saturated heterocycles. The second-order valence-corrected chi connectivity index (χ2v) is 6.17. The Morgan fingerprint density at radius 3 is 2.83 bits per heavy atom. The van der Waals surface area contributed by atoms with E-state index < -0.39 is 10.0 Å². The molecule has 0 atom stereocenters. The number of nitrogens with two attached hydrogens (primary N) is 1. The number of nitrogens with zero attached hydrogens (tertiary/aromatic N) is 2. The van der Waals surface area contributed by atoms with Crippen LogP contribution in [0.3, 0.4) is 0 Å². The molecule has 0 fully saturated rings. The summed E-state index contributed by atoms with van der Waals surface area (Å²) in [5.41, 5.74) is 5.53. The number of rotatable bonds is 5. The average molecular weight is 284 g/mol. The van der Waals surface area contributed by atoms with Crippen LogP contribution in [0.15, 0.2) is 34.8 Å². The first kappa shape index (κ1) is 12.9. The third-order valence-electron chi connectivity index (χ3n) is 2.20. The summed E-state index contributed by atoms with van der Waals surface area (Å²) in [6.45, 7) is 0.282. The molecule has 8 heteroatoms. The van der Waals surface area contributed by atoms with Crippen molar-refractivity contribution in [2.24, 2.45) is 0 Å². The van der Waals surface area contributed by atoms with Crippen LogP contribution < -0.4 is 10.5 Å². The SMILES string of the molecule is Nc1ncccc1S(=O)(=O)NCCc1nccs1. The zero-order valence-corrected chi connectivity index (χ0v) is 11.0. The fourth-order valence-electron chi connectivity index (χ4n) is 1.38. The number of thiazole rings is 1. The van der Waals surface area contributed by atoms with E-state index in [0.717, 1.165) is 5.01 Å². The molecule has 0 bridgehead atoms. The highest BCUT2D eigenvalue weighted by Gasteiger charge is 2.17. The van der Waals surface area contributed by atoms with E-state index >= 15 is 0 Å². The summed E-state index contributed by atoms with van der Waals surface area (Å²) in [4.78, 5) is 7.83. The minimum Gasteiger partial charge on any atom is -0.383 e. The summed E-state index contributed by atoms with van der Waals surface area (Å²) >= 11 is 1.49. The predicted molar refractivity (Wildman–Crippen MR) is 69.7 cm³/mol. The third-order valence-corrected chi connectivity index (χ3v) is 4.55. The van der Waals surface area contributed by atoms with E-state index in [9.17, 15) is 8.42 Å². The standard InChI is InChI=1S/C10H12N4O2S2/c11-10-8(2-1-4-13-10)18(15,16)14-5-3-9-12-6-7-17-9/h1-2,4,6-7,14H,3,5H2,(H2,11,13). The number of hydrogen-bond acceptors (Lipinski definition) is 6. The second kappa shape index (κ2) is 5.42. The molecule has 96 valence electrons. The van der Waals surface area contributed by atoms with Crippen molar-refractivity contribution in [3.63, 3.8) is 0 Å². The molecule has 0 radical (unpaired) electrons. The van der Waals surface area contributed by atoms with Crippen LogP contribution in [0.4, 0.5) is 5.82 Å². The van der Waals surface area contributed by atoms with Gasteiger partial charge in [-0.15, -0.1) is 11.3 Å². The quantitative estimate of drug-likeness (QED) is 0.839. The van der Waals surface area contributed by atoms with Gasteiger partial charge >= 0.3 is 0 Å². The molecule has 0 aliphatic carbocycles. The molecular formula is C10H12N4O2S2. The molecule has 2 aromatic rings. The smallest absolute Gasteiger partial charge is 0.244 e. The molecule has 2 aromatic heterocycles. The van der Waals surface area contributed by atoms with Crippen LogP contribution in [0.5, 0.6) is 0 Å². The lowest BCUT2D eigenvalue weighted by Gasteiger charge is -2.07. The molecule has 2 rings (SSSR count). The van der Waals surface area contributed by atoms with Gasteiger partial charge in [0.05, 0.1) is 5.01 Å². The maximum absolute atomic E-state index is 11.9. The van der Waals surface area contributed by atoms with E-state index in [1.165, 1.54) is 29.7 Å². The van der Waals surface area contributed by atoms with E-state index in [1.807, 2.05) is 5.38 Å². The summed E-state index contributed by atoms with van der Waals surface area (Å²) in [5.74, 6) is -0.000696. The van der Waals surface area contributed by atoms with Crippen molar-refractivity contribution in [2.45, 2.75) is 11.3 Å². The fraction of sp³-hybridized carbons (Fsp3) is 0.200. The molecule has 0 aliphatic rings.